The average molecular weight is 376 g/mol. The van der Waals surface area contributed by atoms with Crippen molar-refractivity contribution in [2.24, 2.45) is 5.73 Å². The third kappa shape index (κ3) is 5.40. The van der Waals surface area contributed by atoms with Gasteiger partial charge in [-0.05, 0) is 26.0 Å². The van der Waals surface area contributed by atoms with Gasteiger partial charge in [-0.2, -0.15) is 0 Å². The van der Waals surface area contributed by atoms with Gasteiger partial charge in [-0.1, -0.05) is 17.3 Å². The fourth-order valence-electron chi connectivity index (χ4n) is 2.01. The zero-order valence-corrected chi connectivity index (χ0v) is 14.7. The zero-order chi connectivity index (χ0) is 17.7. The third-order valence-electron chi connectivity index (χ3n) is 3.49. The van der Waals surface area contributed by atoms with Crippen molar-refractivity contribution in [2.75, 3.05) is 13.1 Å². The van der Waals surface area contributed by atoms with Gasteiger partial charge in [0.25, 0.3) is 11.8 Å². The Bertz CT molecular complexity index is 703. The summed E-state index contributed by atoms with van der Waals surface area (Å²) >= 11 is 0. The van der Waals surface area contributed by atoms with Crippen molar-refractivity contribution in [3.8, 4) is 5.75 Å². The quantitative estimate of drug-likeness (QED) is 0.776. The first kappa shape index (κ1) is 20.9. The Kier molecular flexibility index (Phi) is 7.32. The molecule has 0 aliphatic carbocycles. The number of carbonyl (C=O) groups is 1. The van der Waals surface area contributed by atoms with Crippen LogP contribution >= 0.6 is 12.4 Å². The van der Waals surface area contributed by atoms with Gasteiger partial charge in [-0.15, -0.1) is 12.4 Å². The Labute approximate surface area is 150 Å². The normalized spacial score (nSPS) is 10.9. The number of alkyl halides is 2. The van der Waals surface area contributed by atoms with Crippen LogP contribution in [0, 0.1) is 13.8 Å². The number of nitrogens with one attached hydrogen (secondary N) is 1. The molecule has 0 aliphatic rings. The highest BCUT2D eigenvalue weighted by Gasteiger charge is 2.28. The smallest absolute Gasteiger partial charge is 0.277 e. The number of aromatic nitrogens is 1. The second-order valence-electron chi connectivity index (χ2n) is 5.33. The van der Waals surface area contributed by atoms with Crippen molar-refractivity contribution >= 4 is 18.3 Å². The van der Waals surface area contributed by atoms with Gasteiger partial charge in [-0.25, -0.2) is 8.78 Å². The number of rotatable bonds is 7. The minimum absolute atomic E-state index is 0. The standard InChI is InChI=1S/C16H19F2N3O3.ClH/c1-10-13(11(2)24-21-10)7-23-14-6-4-3-5-12(14)15(22)20-9-16(17,18)8-19;/h3-6H,7-9,19H2,1-2H3,(H,20,22);1H. The molecule has 0 saturated heterocycles. The summed E-state index contributed by atoms with van der Waals surface area (Å²) in [5.41, 5.74) is 6.58. The van der Waals surface area contributed by atoms with Crippen LogP contribution < -0.4 is 15.8 Å². The number of nitrogens with zero attached hydrogens (tertiary/aromatic N) is 1. The summed E-state index contributed by atoms with van der Waals surface area (Å²) in [6.45, 7) is 2.03. The van der Waals surface area contributed by atoms with Crippen LogP contribution in [-0.4, -0.2) is 30.1 Å². The summed E-state index contributed by atoms with van der Waals surface area (Å²) in [6, 6.07) is 6.40. The molecule has 1 aromatic carbocycles. The molecule has 25 heavy (non-hydrogen) atoms. The fourth-order valence-corrected chi connectivity index (χ4v) is 2.01. The summed E-state index contributed by atoms with van der Waals surface area (Å²) in [5, 5.41) is 5.99. The molecule has 0 radical (unpaired) electrons. The van der Waals surface area contributed by atoms with Gasteiger partial charge >= 0.3 is 0 Å². The average Bonchev–Trinajstić information content (AvgIpc) is 2.89. The lowest BCUT2D eigenvalue weighted by Crippen LogP contribution is -2.41. The molecule has 0 atom stereocenters. The molecule has 0 saturated carbocycles. The van der Waals surface area contributed by atoms with Crippen molar-refractivity contribution < 1.29 is 22.8 Å². The van der Waals surface area contributed by atoms with Gasteiger partial charge in [-0.3, -0.25) is 4.79 Å². The molecule has 6 nitrogen and oxygen atoms in total. The predicted molar refractivity (Wildman–Crippen MR) is 90.3 cm³/mol. The number of hydrogen-bond acceptors (Lipinski definition) is 5. The summed E-state index contributed by atoms with van der Waals surface area (Å²) in [6.07, 6.45) is 0. The van der Waals surface area contributed by atoms with Crippen LogP contribution in [0.4, 0.5) is 8.78 Å². The van der Waals surface area contributed by atoms with Crippen molar-refractivity contribution in [3.05, 3.63) is 46.8 Å². The number of hydrogen-bond donors (Lipinski definition) is 2. The van der Waals surface area contributed by atoms with E-state index in [4.69, 9.17) is 15.0 Å². The van der Waals surface area contributed by atoms with E-state index in [9.17, 15) is 13.6 Å². The summed E-state index contributed by atoms with van der Waals surface area (Å²) < 4.78 is 37.0. The topological polar surface area (TPSA) is 90.4 Å². The number of para-hydroxylation sites is 1. The van der Waals surface area contributed by atoms with E-state index in [2.05, 4.69) is 10.5 Å². The first-order chi connectivity index (χ1) is 11.3. The third-order valence-corrected chi connectivity index (χ3v) is 3.49. The Morgan fingerprint density at radius 3 is 2.64 bits per heavy atom. The SMILES string of the molecule is Cc1noc(C)c1COc1ccccc1C(=O)NCC(F)(F)CN.Cl. The second-order valence-corrected chi connectivity index (χ2v) is 5.33. The van der Waals surface area contributed by atoms with E-state index in [1.807, 2.05) is 0 Å². The Hall–Kier alpha value is -2.19. The molecule has 2 aromatic rings. The molecule has 9 heteroatoms. The Morgan fingerprint density at radius 1 is 1.36 bits per heavy atom. The van der Waals surface area contributed by atoms with Gasteiger partial charge in [0.1, 0.15) is 18.1 Å². The number of aryl methyl sites for hydroxylation is 2. The Balaban J connectivity index is 0.00000312. The van der Waals surface area contributed by atoms with E-state index in [0.29, 0.717) is 11.5 Å². The molecule has 0 unspecified atom stereocenters. The van der Waals surface area contributed by atoms with Crippen LogP contribution in [0.15, 0.2) is 28.8 Å². The lowest BCUT2D eigenvalue weighted by molar-refractivity contribution is 0.0118. The zero-order valence-electron chi connectivity index (χ0n) is 13.8. The summed E-state index contributed by atoms with van der Waals surface area (Å²) in [5.74, 6) is -2.90. The molecule has 0 spiro atoms. The molecule has 1 amide bonds. The minimum atomic E-state index is -3.15. The monoisotopic (exact) mass is 375 g/mol. The number of amides is 1. The molecule has 0 bridgehead atoms. The van der Waals surface area contributed by atoms with Crippen molar-refractivity contribution in [1.29, 1.82) is 0 Å². The highest BCUT2D eigenvalue weighted by molar-refractivity contribution is 5.96. The first-order valence-corrected chi connectivity index (χ1v) is 7.34. The van der Waals surface area contributed by atoms with Gasteiger partial charge in [0.15, 0.2) is 0 Å². The molecule has 2 rings (SSSR count). The van der Waals surface area contributed by atoms with Gasteiger partial charge < -0.3 is 20.3 Å². The fraction of sp³-hybridized carbons (Fsp3) is 0.375. The molecule has 1 heterocycles. The summed E-state index contributed by atoms with van der Waals surface area (Å²) in [7, 11) is 0. The van der Waals surface area contributed by atoms with Gasteiger partial charge in [0.2, 0.25) is 0 Å². The van der Waals surface area contributed by atoms with Crippen LogP contribution in [0.5, 0.6) is 5.75 Å². The predicted octanol–water partition coefficient (Wildman–Crippen LogP) is 2.62. The van der Waals surface area contributed by atoms with E-state index in [1.165, 1.54) is 6.07 Å². The maximum absolute atomic E-state index is 13.2. The maximum atomic E-state index is 13.2. The lowest BCUT2D eigenvalue weighted by Gasteiger charge is -2.16. The van der Waals surface area contributed by atoms with Crippen LogP contribution in [0.2, 0.25) is 0 Å². The lowest BCUT2D eigenvalue weighted by atomic mass is 10.1. The number of ether oxygens (including phenoxy) is 1. The van der Waals surface area contributed by atoms with Crippen LogP contribution in [0.3, 0.4) is 0 Å². The van der Waals surface area contributed by atoms with Gasteiger partial charge in [0, 0.05) is 0 Å². The van der Waals surface area contributed by atoms with Crippen molar-refractivity contribution in [3.63, 3.8) is 0 Å². The molecule has 1 aromatic heterocycles. The van der Waals surface area contributed by atoms with E-state index >= 15 is 0 Å². The van der Waals surface area contributed by atoms with Crippen LogP contribution in [0.1, 0.15) is 27.4 Å². The molecule has 0 fully saturated rings. The number of carbonyl (C=O) groups excluding carboxylic acids is 1. The number of halogens is 3. The molecule has 3 N–H and O–H groups in total. The van der Waals surface area contributed by atoms with Gasteiger partial charge in [0.05, 0.1) is 29.9 Å². The largest absolute Gasteiger partial charge is 0.488 e. The molecular formula is C16H20ClF2N3O3. The molecule has 0 aliphatic heterocycles. The van der Waals surface area contributed by atoms with E-state index in [1.54, 1.807) is 32.0 Å². The van der Waals surface area contributed by atoms with E-state index in [0.717, 1.165) is 5.56 Å². The minimum Gasteiger partial charge on any atom is -0.488 e. The molecular weight excluding hydrogens is 356 g/mol. The van der Waals surface area contributed by atoms with E-state index < -0.39 is 24.9 Å². The maximum Gasteiger partial charge on any atom is 0.277 e. The van der Waals surface area contributed by atoms with Crippen LogP contribution in [-0.2, 0) is 6.61 Å². The number of benzene rings is 1. The molecule has 138 valence electrons. The first-order valence-electron chi connectivity index (χ1n) is 7.34. The second kappa shape index (κ2) is 8.77. The summed E-state index contributed by atoms with van der Waals surface area (Å²) in [4.78, 5) is 12.1. The highest BCUT2D eigenvalue weighted by Crippen LogP contribution is 2.21. The Morgan fingerprint density at radius 2 is 2.04 bits per heavy atom. The number of nitrogens with two attached hydrogens (primary N) is 1. The van der Waals surface area contributed by atoms with Crippen molar-refractivity contribution in [1.82, 2.24) is 10.5 Å². The van der Waals surface area contributed by atoms with E-state index in [-0.39, 0.29) is 30.3 Å². The van der Waals surface area contributed by atoms with Crippen molar-refractivity contribution in [2.45, 2.75) is 26.4 Å². The highest BCUT2D eigenvalue weighted by atomic mass is 35.5. The van der Waals surface area contributed by atoms with Crippen LogP contribution in [0.25, 0.3) is 0 Å².